The summed E-state index contributed by atoms with van der Waals surface area (Å²) in [5, 5.41) is 2.71. The average molecular weight is 278 g/mol. The van der Waals surface area contributed by atoms with Crippen LogP contribution in [0.2, 0.25) is 0 Å². The van der Waals surface area contributed by atoms with Gasteiger partial charge in [0.05, 0.1) is 0 Å². The van der Waals surface area contributed by atoms with Crippen molar-refractivity contribution in [2.45, 2.75) is 12.8 Å². The number of rotatable bonds is 3. The van der Waals surface area contributed by atoms with Crippen molar-refractivity contribution in [2.24, 2.45) is 0 Å². The van der Waals surface area contributed by atoms with Crippen LogP contribution in [0, 0.1) is 12.7 Å². The number of halogens is 2. The molecule has 2 aromatic carbocycles. The van der Waals surface area contributed by atoms with E-state index < -0.39 is 0 Å². The van der Waals surface area contributed by atoms with Gasteiger partial charge in [0.15, 0.2) is 0 Å². The first-order valence-corrected chi connectivity index (χ1v) is 6.36. The number of hydrogen-bond acceptors (Lipinski definition) is 1. The monoisotopic (exact) mass is 277 g/mol. The van der Waals surface area contributed by atoms with Gasteiger partial charge in [0.2, 0.25) is 0 Å². The zero-order chi connectivity index (χ0) is 13.8. The maximum absolute atomic E-state index is 13.4. The molecule has 0 bridgehead atoms. The summed E-state index contributed by atoms with van der Waals surface area (Å²) in [5.74, 6) is -0.292. The molecular formula is C15H13ClFNO. The van der Waals surface area contributed by atoms with Crippen molar-refractivity contribution < 1.29 is 9.18 Å². The minimum atomic E-state index is -0.384. The second-order valence-corrected chi connectivity index (χ2v) is 4.52. The summed E-state index contributed by atoms with van der Waals surface area (Å²) in [6, 6.07) is 11.6. The van der Waals surface area contributed by atoms with Crippen LogP contribution in [0.5, 0.6) is 0 Å². The highest BCUT2D eigenvalue weighted by Gasteiger charge is 2.08. The first-order chi connectivity index (χ1) is 9.10. The Hall–Kier alpha value is -1.87. The maximum Gasteiger partial charge on any atom is 0.255 e. The molecule has 19 heavy (non-hydrogen) atoms. The van der Waals surface area contributed by atoms with Crippen LogP contribution in [0.3, 0.4) is 0 Å². The third-order valence-electron chi connectivity index (χ3n) is 2.80. The van der Waals surface area contributed by atoms with Crippen LogP contribution in [-0.2, 0) is 5.88 Å². The van der Waals surface area contributed by atoms with E-state index in [0.717, 1.165) is 5.56 Å². The van der Waals surface area contributed by atoms with E-state index in [2.05, 4.69) is 5.32 Å². The predicted octanol–water partition coefficient (Wildman–Crippen LogP) is 4.13. The lowest BCUT2D eigenvalue weighted by atomic mass is 10.1. The fourth-order valence-corrected chi connectivity index (χ4v) is 1.79. The molecule has 2 rings (SSSR count). The first-order valence-electron chi connectivity index (χ1n) is 5.82. The van der Waals surface area contributed by atoms with Gasteiger partial charge in [-0.15, -0.1) is 11.6 Å². The molecular weight excluding hydrogens is 265 g/mol. The highest BCUT2D eigenvalue weighted by atomic mass is 35.5. The minimum Gasteiger partial charge on any atom is -0.322 e. The number of hydrogen-bond donors (Lipinski definition) is 1. The molecule has 0 aromatic heterocycles. The van der Waals surface area contributed by atoms with Gasteiger partial charge in [0.25, 0.3) is 5.91 Å². The number of carbonyl (C=O) groups is 1. The molecule has 2 aromatic rings. The summed E-state index contributed by atoms with van der Waals surface area (Å²) in [7, 11) is 0. The normalized spacial score (nSPS) is 10.3. The van der Waals surface area contributed by atoms with Gasteiger partial charge in [-0.3, -0.25) is 4.79 Å². The van der Waals surface area contributed by atoms with Crippen molar-refractivity contribution >= 4 is 23.2 Å². The van der Waals surface area contributed by atoms with Crippen molar-refractivity contribution in [1.82, 2.24) is 0 Å². The second-order valence-electron chi connectivity index (χ2n) is 4.25. The fraction of sp³-hybridized carbons (Fsp3) is 0.133. The number of carbonyl (C=O) groups excluding carboxylic acids is 1. The lowest BCUT2D eigenvalue weighted by Gasteiger charge is -2.06. The SMILES string of the molecule is Cc1ccc(C(=O)Nc2ccc(CCl)cc2)cc1F. The molecule has 0 aliphatic rings. The molecule has 0 unspecified atom stereocenters. The molecule has 0 atom stereocenters. The van der Waals surface area contributed by atoms with Crippen LogP contribution < -0.4 is 5.32 Å². The van der Waals surface area contributed by atoms with E-state index in [1.54, 1.807) is 31.2 Å². The highest BCUT2D eigenvalue weighted by molar-refractivity contribution is 6.17. The van der Waals surface area contributed by atoms with Crippen molar-refractivity contribution in [1.29, 1.82) is 0 Å². The average Bonchev–Trinajstić information content (AvgIpc) is 2.42. The van der Waals surface area contributed by atoms with Crippen LogP contribution in [0.1, 0.15) is 21.5 Å². The predicted molar refractivity (Wildman–Crippen MR) is 75.1 cm³/mol. The summed E-state index contributed by atoms with van der Waals surface area (Å²) in [6.45, 7) is 1.65. The summed E-state index contributed by atoms with van der Waals surface area (Å²) in [5.41, 5.74) is 2.44. The van der Waals surface area contributed by atoms with Gasteiger partial charge in [0.1, 0.15) is 5.82 Å². The van der Waals surface area contributed by atoms with E-state index in [9.17, 15) is 9.18 Å². The van der Waals surface area contributed by atoms with Crippen LogP contribution in [-0.4, -0.2) is 5.91 Å². The molecule has 0 fully saturated rings. The van der Waals surface area contributed by atoms with E-state index in [0.29, 0.717) is 22.7 Å². The van der Waals surface area contributed by atoms with Gasteiger partial charge in [0, 0.05) is 17.1 Å². The van der Waals surface area contributed by atoms with E-state index in [-0.39, 0.29) is 11.7 Å². The molecule has 2 nitrogen and oxygen atoms in total. The van der Waals surface area contributed by atoms with Gasteiger partial charge >= 0.3 is 0 Å². The molecule has 0 aliphatic carbocycles. The number of aryl methyl sites for hydroxylation is 1. The molecule has 0 saturated carbocycles. The molecule has 1 N–H and O–H groups in total. The Labute approximate surface area is 116 Å². The fourth-order valence-electron chi connectivity index (χ4n) is 1.61. The third kappa shape index (κ3) is 3.32. The molecule has 0 spiro atoms. The van der Waals surface area contributed by atoms with Crippen LogP contribution in [0.25, 0.3) is 0 Å². The molecule has 0 radical (unpaired) electrons. The zero-order valence-corrected chi connectivity index (χ0v) is 11.2. The molecule has 98 valence electrons. The summed E-state index contributed by atoms with van der Waals surface area (Å²) >= 11 is 5.68. The summed E-state index contributed by atoms with van der Waals surface area (Å²) in [6.07, 6.45) is 0. The van der Waals surface area contributed by atoms with E-state index in [1.807, 2.05) is 12.1 Å². The summed E-state index contributed by atoms with van der Waals surface area (Å²) < 4.78 is 13.4. The van der Waals surface area contributed by atoms with Gasteiger partial charge in [-0.1, -0.05) is 18.2 Å². The Balaban J connectivity index is 2.13. The quantitative estimate of drug-likeness (QED) is 0.840. The molecule has 0 saturated heterocycles. The Morgan fingerprint density at radius 3 is 2.47 bits per heavy atom. The molecule has 0 heterocycles. The van der Waals surface area contributed by atoms with Gasteiger partial charge in [-0.2, -0.15) is 0 Å². The lowest BCUT2D eigenvalue weighted by Crippen LogP contribution is -2.12. The molecule has 0 aliphatic heterocycles. The Kier molecular flexibility index (Phi) is 4.17. The number of alkyl halides is 1. The van der Waals surface area contributed by atoms with Gasteiger partial charge < -0.3 is 5.32 Å². The number of benzene rings is 2. The minimum absolute atomic E-state index is 0.296. The van der Waals surface area contributed by atoms with E-state index >= 15 is 0 Å². The standard InChI is InChI=1S/C15H13ClFNO/c1-10-2-5-12(8-14(10)17)15(19)18-13-6-3-11(9-16)4-7-13/h2-8H,9H2,1H3,(H,18,19). The van der Waals surface area contributed by atoms with Crippen LogP contribution in [0.15, 0.2) is 42.5 Å². The van der Waals surface area contributed by atoms with Crippen LogP contribution in [0.4, 0.5) is 10.1 Å². The summed E-state index contributed by atoms with van der Waals surface area (Å²) in [4.78, 5) is 11.9. The Morgan fingerprint density at radius 2 is 1.89 bits per heavy atom. The third-order valence-corrected chi connectivity index (χ3v) is 3.11. The first kappa shape index (κ1) is 13.6. The number of amides is 1. The van der Waals surface area contributed by atoms with Crippen molar-refractivity contribution in [3.63, 3.8) is 0 Å². The van der Waals surface area contributed by atoms with Gasteiger partial charge in [-0.25, -0.2) is 4.39 Å². The molecule has 1 amide bonds. The second kappa shape index (κ2) is 5.85. The maximum atomic E-state index is 13.4. The smallest absolute Gasteiger partial charge is 0.255 e. The van der Waals surface area contributed by atoms with Crippen LogP contribution >= 0.6 is 11.6 Å². The zero-order valence-electron chi connectivity index (χ0n) is 10.4. The molecule has 4 heteroatoms. The van der Waals surface area contributed by atoms with Gasteiger partial charge in [-0.05, 0) is 42.3 Å². The van der Waals surface area contributed by atoms with E-state index in [1.165, 1.54) is 6.07 Å². The Bertz CT molecular complexity index is 596. The topological polar surface area (TPSA) is 29.1 Å². The highest BCUT2D eigenvalue weighted by Crippen LogP contribution is 2.14. The van der Waals surface area contributed by atoms with Crippen molar-refractivity contribution in [3.05, 3.63) is 65.0 Å². The number of anilines is 1. The van der Waals surface area contributed by atoms with Crippen molar-refractivity contribution in [3.8, 4) is 0 Å². The number of nitrogens with one attached hydrogen (secondary N) is 1. The van der Waals surface area contributed by atoms with E-state index in [4.69, 9.17) is 11.6 Å². The Morgan fingerprint density at radius 1 is 1.21 bits per heavy atom. The van der Waals surface area contributed by atoms with Crippen molar-refractivity contribution in [2.75, 3.05) is 5.32 Å². The largest absolute Gasteiger partial charge is 0.322 e. The lowest BCUT2D eigenvalue weighted by molar-refractivity contribution is 0.102.